The van der Waals surface area contributed by atoms with E-state index < -0.39 is 5.97 Å². The summed E-state index contributed by atoms with van der Waals surface area (Å²) in [6.07, 6.45) is 1.33. The molecule has 0 aromatic heterocycles. The Morgan fingerprint density at radius 1 is 1.57 bits per heavy atom. The minimum absolute atomic E-state index is 0. The number of aliphatic hydroxyl groups excluding tert-OH is 1. The normalized spacial score (nSPS) is 11.5. The van der Waals surface area contributed by atoms with Crippen molar-refractivity contribution in [3.05, 3.63) is 12.7 Å². The van der Waals surface area contributed by atoms with Crippen molar-refractivity contribution in [2.75, 3.05) is 21.1 Å². The number of hydrogen-bond donors (Lipinski definition) is 1. The second kappa shape index (κ2) is 8.99. The summed E-state index contributed by atoms with van der Waals surface area (Å²) in [4.78, 5) is 9.14. The van der Waals surface area contributed by atoms with Gasteiger partial charge in [0.15, 0.2) is 6.23 Å². The Kier molecular flexibility index (Phi) is 12.2. The molecule has 4 nitrogen and oxygen atoms in total. The zero-order chi connectivity index (χ0) is 11.1. The van der Waals surface area contributed by atoms with Crippen molar-refractivity contribution >= 4 is 18.4 Å². The van der Waals surface area contributed by atoms with Crippen LogP contribution in [0.5, 0.6) is 0 Å². The molecular weight excluding hydrogens is 206 g/mol. The first-order chi connectivity index (χ1) is 5.75. The minimum atomic E-state index is -1.23. The van der Waals surface area contributed by atoms with Gasteiger partial charge in [0, 0.05) is 6.42 Å². The maximum Gasteiger partial charge on any atom is 0.189 e. The molecule has 1 N–H and O–H groups in total. The van der Waals surface area contributed by atoms with E-state index in [9.17, 15) is 0 Å². The van der Waals surface area contributed by atoms with Gasteiger partial charge in [-0.2, -0.15) is 0 Å². The molecule has 0 aromatic rings. The lowest BCUT2D eigenvalue weighted by Crippen LogP contribution is -2.44. The lowest BCUT2D eigenvalue weighted by atomic mass is 10.4. The number of quaternary nitrogens is 1. The highest BCUT2D eigenvalue weighted by molar-refractivity contribution is 5.85. The fourth-order valence-corrected chi connectivity index (χ4v) is 0.548. The lowest BCUT2D eigenvalue weighted by Gasteiger charge is -2.28. The van der Waals surface area contributed by atoms with Crippen molar-refractivity contribution in [3.63, 3.8) is 0 Å². The van der Waals surface area contributed by atoms with Gasteiger partial charge in [-0.1, -0.05) is 13.5 Å². The number of nitrogens with zero attached hydrogens (tertiary/aromatic N) is 1. The van der Waals surface area contributed by atoms with E-state index in [4.69, 9.17) is 15.0 Å². The number of carboxylic acids is 1. The molecule has 0 saturated carbocycles. The molecule has 0 bridgehead atoms. The van der Waals surface area contributed by atoms with Gasteiger partial charge in [-0.3, -0.25) is 0 Å². The summed E-state index contributed by atoms with van der Waals surface area (Å²) in [5.41, 5.74) is 0. The summed E-state index contributed by atoms with van der Waals surface area (Å²) in [5, 5.41) is 18.3. The summed E-state index contributed by atoms with van der Waals surface area (Å²) < 4.78 is 0.635. The molecule has 86 valence electrons. The molecule has 0 aliphatic heterocycles. The van der Waals surface area contributed by atoms with Gasteiger partial charge in [-0.25, -0.2) is 0 Å². The molecule has 14 heavy (non-hydrogen) atoms. The monoisotopic (exact) mass is 225 g/mol. The van der Waals surface area contributed by atoms with Crippen LogP contribution in [0.3, 0.4) is 0 Å². The molecule has 0 rings (SSSR count). The van der Waals surface area contributed by atoms with Gasteiger partial charge in [0.05, 0.1) is 27.1 Å². The van der Waals surface area contributed by atoms with Crippen molar-refractivity contribution in [2.45, 2.75) is 19.6 Å². The van der Waals surface area contributed by atoms with E-state index in [0.717, 1.165) is 12.5 Å². The molecule has 1 atom stereocenters. The Morgan fingerprint density at radius 3 is 1.86 bits per heavy atom. The van der Waals surface area contributed by atoms with E-state index in [0.29, 0.717) is 4.48 Å². The Bertz CT molecular complexity index is 166. The first kappa shape index (κ1) is 19.1. The van der Waals surface area contributed by atoms with Crippen molar-refractivity contribution in [2.24, 2.45) is 0 Å². The molecule has 0 saturated heterocycles. The van der Waals surface area contributed by atoms with Gasteiger partial charge in [-0.05, 0) is 6.08 Å². The average Bonchev–Trinajstić information content (AvgIpc) is 2.02. The number of halogens is 1. The third kappa shape index (κ3) is 14.0. The van der Waals surface area contributed by atoms with Crippen LogP contribution in [0.4, 0.5) is 0 Å². The fourth-order valence-electron chi connectivity index (χ4n) is 0.548. The van der Waals surface area contributed by atoms with Gasteiger partial charge in [0.1, 0.15) is 0 Å². The van der Waals surface area contributed by atoms with Crippen molar-refractivity contribution < 1.29 is 19.5 Å². The van der Waals surface area contributed by atoms with Gasteiger partial charge >= 0.3 is 0 Å². The Hall–Kier alpha value is -0.580. The van der Waals surface area contributed by atoms with Crippen LogP contribution in [0, 0.1) is 0 Å². The number of rotatable bonds is 3. The first-order valence-electron chi connectivity index (χ1n) is 4.08. The van der Waals surface area contributed by atoms with Crippen LogP contribution in [0.15, 0.2) is 12.7 Å². The SMILES string of the molecule is C=CC(=O)[O-].CCC(O)[N+](C)(C)C.Cl. The van der Waals surface area contributed by atoms with E-state index in [-0.39, 0.29) is 18.6 Å². The molecule has 0 spiro atoms. The average molecular weight is 226 g/mol. The molecule has 5 heteroatoms. The highest BCUT2D eigenvalue weighted by Gasteiger charge is 2.16. The molecule has 0 aromatic carbocycles. The predicted octanol–water partition coefficient (Wildman–Crippen LogP) is -0.235. The van der Waals surface area contributed by atoms with Gasteiger partial charge < -0.3 is 19.5 Å². The van der Waals surface area contributed by atoms with Gasteiger partial charge in [0.2, 0.25) is 0 Å². The molecule has 0 radical (unpaired) electrons. The summed E-state index contributed by atoms with van der Waals surface area (Å²) in [7, 11) is 5.94. The highest BCUT2D eigenvalue weighted by atomic mass is 35.5. The zero-order valence-corrected chi connectivity index (χ0v) is 10.0. The second-order valence-electron chi connectivity index (χ2n) is 3.53. The molecule has 0 heterocycles. The van der Waals surface area contributed by atoms with Crippen LogP contribution in [0.1, 0.15) is 13.3 Å². The largest absolute Gasteiger partial charge is 0.545 e. The standard InChI is InChI=1S/C6H16NO.C3H4O2.ClH/c1-5-6(8)7(2,3)4;1-2-3(4)5;/h6,8H,5H2,1-4H3;2H,1H2,(H,4,5);1H/q+1;;/p-1. The maximum absolute atomic E-state index is 9.17. The number of hydrogen-bond acceptors (Lipinski definition) is 3. The smallest absolute Gasteiger partial charge is 0.189 e. The van der Waals surface area contributed by atoms with Crippen LogP contribution < -0.4 is 5.11 Å². The number of carboxylic acid groups (broad SMARTS) is 1. The van der Waals surface area contributed by atoms with E-state index in [1.165, 1.54) is 0 Å². The van der Waals surface area contributed by atoms with E-state index >= 15 is 0 Å². The number of aliphatic hydroxyl groups is 1. The minimum Gasteiger partial charge on any atom is -0.545 e. The molecule has 0 aliphatic carbocycles. The second-order valence-corrected chi connectivity index (χ2v) is 3.53. The van der Waals surface area contributed by atoms with Gasteiger partial charge in [0.25, 0.3) is 0 Å². The number of carbonyl (C=O) groups excluding carboxylic acids is 1. The molecule has 0 fully saturated rings. The van der Waals surface area contributed by atoms with E-state index in [2.05, 4.69) is 6.58 Å². The third-order valence-corrected chi connectivity index (χ3v) is 1.43. The quantitative estimate of drug-likeness (QED) is 0.410. The van der Waals surface area contributed by atoms with Crippen LogP contribution in [0.2, 0.25) is 0 Å². The van der Waals surface area contributed by atoms with Crippen LogP contribution in [-0.2, 0) is 4.79 Å². The highest BCUT2D eigenvalue weighted by Crippen LogP contribution is 2.01. The summed E-state index contributed by atoms with van der Waals surface area (Å²) in [6.45, 7) is 4.88. The predicted molar refractivity (Wildman–Crippen MR) is 56.8 cm³/mol. The first-order valence-corrected chi connectivity index (χ1v) is 4.08. The van der Waals surface area contributed by atoms with Crippen molar-refractivity contribution in [1.82, 2.24) is 0 Å². The molecular formula is C9H20ClNO3. The van der Waals surface area contributed by atoms with Crippen molar-refractivity contribution in [3.8, 4) is 0 Å². The molecule has 0 aliphatic rings. The summed E-state index contributed by atoms with van der Waals surface area (Å²) in [5.74, 6) is -1.23. The third-order valence-electron chi connectivity index (χ3n) is 1.43. The van der Waals surface area contributed by atoms with E-state index in [1.54, 1.807) is 0 Å². The summed E-state index contributed by atoms with van der Waals surface area (Å²) >= 11 is 0. The fraction of sp³-hybridized carbons (Fsp3) is 0.667. The number of carbonyl (C=O) groups is 1. The maximum atomic E-state index is 9.17. The van der Waals surface area contributed by atoms with Crippen molar-refractivity contribution in [1.29, 1.82) is 0 Å². The van der Waals surface area contributed by atoms with Crippen LogP contribution in [0.25, 0.3) is 0 Å². The Morgan fingerprint density at radius 2 is 1.86 bits per heavy atom. The zero-order valence-electron chi connectivity index (χ0n) is 9.19. The lowest BCUT2D eigenvalue weighted by molar-refractivity contribution is -0.918. The topological polar surface area (TPSA) is 60.4 Å². The summed E-state index contributed by atoms with van der Waals surface area (Å²) in [6, 6.07) is 0. The Balaban J connectivity index is -0.000000177. The number of aliphatic carboxylic acids is 1. The van der Waals surface area contributed by atoms with E-state index in [1.807, 2.05) is 28.1 Å². The Labute approximate surface area is 91.8 Å². The molecule has 1 unspecified atom stereocenters. The van der Waals surface area contributed by atoms with Crippen LogP contribution >= 0.6 is 12.4 Å². The van der Waals surface area contributed by atoms with Gasteiger partial charge in [-0.15, -0.1) is 12.4 Å². The van der Waals surface area contributed by atoms with Crippen LogP contribution in [-0.4, -0.2) is 42.9 Å². The molecule has 0 amide bonds.